The van der Waals surface area contributed by atoms with E-state index in [0.717, 1.165) is 6.08 Å². The van der Waals surface area contributed by atoms with Crippen molar-refractivity contribution in [3.8, 4) is 11.5 Å². The summed E-state index contributed by atoms with van der Waals surface area (Å²) < 4.78 is 9.86. The predicted octanol–water partition coefficient (Wildman–Crippen LogP) is 1.79. The van der Waals surface area contributed by atoms with Crippen LogP contribution in [-0.2, 0) is 4.79 Å². The maximum absolute atomic E-state index is 11.1. The quantitative estimate of drug-likeness (QED) is 0.490. The summed E-state index contributed by atoms with van der Waals surface area (Å²) in [5, 5.41) is 8.94. The second-order valence-electron chi connectivity index (χ2n) is 3.25. The highest BCUT2D eigenvalue weighted by Crippen LogP contribution is 2.28. The molecule has 0 radical (unpaired) electrons. The van der Waals surface area contributed by atoms with E-state index in [1.54, 1.807) is 6.92 Å². The van der Waals surface area contributed by atoms with Gasteiger partial charge < -0.3 is 14.6 Å². The first-order valence-electron chi connectivity index (χ1n) is 4.75. The van der Waals surface area contributed by atoms with Crippen LogP contribution in [0.5, 0.6) is 11.5 Å². The summed E-state index contributed by atoms with van der Waals surface area (Å²) in [4.78, 5) is 22.0. The molecule has 0 atom stereocenters. The normalized spacial score (nSPS) is 9.53. The Morgan fingerprint density at radius 3 is 2.47 bits per heavy atom. The van der Waals surface area contributed by atoms with Crippen molar-refractivity contribution in [2.75, 3.05) is 7.11 Å². The Morgan fingerprint density at radius 1 is 1.35 bits per heavy atom. The van der Waals surface area contributed by atoms with Gasteiger partial charge in [-0.25, -0.2) is 9.59 Å². The van der Waals surface area contributed by atoms with Gasteiger partial charge >= 0.3 is 11.9 Å². The Bertz CT molecular complexity index is 476. The van der Waals surface area contributed by atoms with Crippen LogP contribution in [0.1, 0.15) is 15.9 Å². The number of aryl methyl sites for hydroxylation is 1. The minimum absolute atomic E-state index is 0.0170. The molecule has 0 saturated carbocycles. The van der Waals surface area contributed by atoms with E-state index in [-0.39, 0.29) is 17.1 Å². The van der Waals surface area contributed by atoms with Crippen molar-refractivity contribution in [2.24, 2.45) is 0 Å². The molecule has 1 aromatic rings. The van der Waals surface area contributed by atoms with Crippen molar-refractivity contribution in [1.82, 2.24) is 0 Å². The van der Waals surface area contributed by atoms with Crippen LogP contribution in [0.3, 0.4) is 0 Å². The Labute approximate surface area is 98.3 Å². The highest BCUT2D eigenvalue weighted by Gasteiger charge is 2.15. The number of aromatic carboxylic acids is 1. The summed E-state index contributed by atoms with van der Waals surface area (Å²) in [6, 6.07) is 2.74. The van der Waals surface area contributed by atoms with E-state index < -0.39 is 11.9 Å². The van der Waals surface area contributed by atoms with Gasteiger partial charge in [0.2, 0.25) is 0 Å². The van der Waals surface area contributed by atoms with Crippen molar-refractivity contribution in [1.29, 1.82) is 0 Å². The Hall–Kier alpha value is -2.30. The standard InChI is InChI=1S/C12H12O5/c1-4-11(13)17-9-6-10(16-3)8(12(14)15)5-7(9)2/h4-6H,1H2,2-3H3,(H,14,15). The summed E-state index contributed by atoms with van der Waals surface area (Å²) >= 11 is 0. The fourth-order valence-corrected chi connectivity index (χ4v) is 1.27. The SMILES string of the molecule is C=CC(=O)Oc1cc(OC)c(C(=O)O)cc1C. The van der Waals surface area contributed by atoms with Crippen molar-refractivity contribution in [3.05, 3.63) is 35.9 Å². The number of ether oxygens (including phenoxy) is 2. The number of esters is 1. The lowest BCUT2D eigenvalue weighted by Gasteiger charge is -2.10. The minimum atomic E-state index is -1.11. The fourth-order valence-electron chi connectivity index (χ4n) is 1.27. The second kappa shape index (κ2) is 5.16. The number of carboxylic acid groups (broad SMARTS) is 1. The van der Waals surface area contributed by atoms with Gasteiger partial charge in [-0.05, 0) is 18.6 Å². The van der Waals surface area contributed by atoms with Crippen molar-refractivity contribution in [3.63, 3.8) is 0 Å². The van der Waals surface area contributed by atoms with Crippen LogP contribution in [0.25, 0.3) is 0 Å². The highest BCUT2D eigenvalue weighted by molar-refractivity contribution is 5.92. The van der Waals surface area contributed by atoms with Crippen LogP contribution in [-0.4, -0.2) is 24.2 Å². The molecule has 0 fully saturated rings. The zero-order chi connectivity index (χ0) is 13.0. The maximum Gasteiger partial charge on any atom is 0.339 e. The van der Waals surface area contributed by atoms with E-state index >= 15 is 0 Å². The number of rotatable bonds is 4. The molecule has 0 aromatic heterocycles. The molecule has 0 bridgehead atoms. The Morgan fingerprint density at radius 2 is 2.00 bits per heavy atom. The Kier molecular flexibility index (Phi) is 3.87. The molecule has 0 aliphatic carbocycles. The largest absolute Gasteiger partial charge is 0.496 e. The molecule has 17 heavy (non-hydrogen) atoms. The van der Waals surface area contributed by atoms with Crippen LogP contribution in [0.4, 0.5) is 0 Å². The first-order valence-corrected chi connectivity index (χ1v) is 4.75. The number of carboxylic acids is 1. The van der Waals surface area contributed by atoms with Gasteiger partial charge in [-0.2, -0.15) is 0 Å². The molecule has 0 saturated heterocycles. The number of hydrogen-bond acceptors (Lipinski definition) is 4. The maximum atomic E-state index is 11.1. The molecule has 0 unspecified atom stereocenters. The van der Waals surface area contributed by atoms with Gasteiger partial charge in [0.05, 0.1) is 7.11 Å². The van der Waals surface area contributed by atoms with E-state index in [9.17, 15) is 9.59 Å². The van der Waals surface area contributed by atoms with Crippen molar-refractivity contribution in [2.45, 2.75) is 6.92 Å². The lowest BCUT2D eigenvalue weighted by Crippen LogP contribution is -2.07. The van der Waals surface area contributed by atoms with Crippen LogP contribution >= 0.6 is 0 Å². The topological polar surface area (TPSA) is 72.8 Å². The number of methoxy groups -OCH3 is 1. The molecule has 1 rings (SSSR count). The molecule has 1 aromatic carbocycles. The molecule has 0 amide bonds. The van der Waals surface area contributed by atoms with Gasteiger partial charge in [0.25, 0.3) is 0 Å². The molecule has 5 nitrogen and oxygen atoms in total. The van der Waals surface area contributed by atoms with Gasteiger partial charge in [0.15, 0.2) is 0 Å². The zero-order valence-electron chi connectivity index (χ0n) is 9.52. The average Bonchev–Trinajstić information content (AvgIpc) is 2.30. The van der Waals surface area contributed by atoms with E-state index in [2.05, 4.69) is 6.58 Å². The Balaban J connectivity index is 3.22. The monoisotopic (exact) mass is 236 g/mol. The predicted molar refractivity (Wildman–Crippen MR) is 60.5 cm³/mol. The molecule has 5 heteroatoms. The van der Waals surface area contributed by atoms with Crippen molar-refractivity contribution >= 4 is 11.9 Å². The van der Waals surface area contributed by atoms with E-state index in [4.69, 9.17) is 14.6 Å². The summed E-state index contributed by atoms with van der Waals surface area (Å²) in [6.45, 7) is 4.91. The third-order valence-corrected chi connectivity index (χ3v) is 2.10. The van der Waals surface area contributed by atoms with Crippen LogP contribution < -0.4 is 9.47 Å². The zero-order valence-corrected chi connectivity index (χ0v) is 9.52. The van der Waals surface area contributed by atoms with Crippen LogP contribution in [0, 0.1) is 6.92 Å². The smallest absolute Gasteiger partial charge is 0.339 e. The number of hydrogen-bond donors (Lipinski definition) is 1. The molecule has 90 valence electrons. The van der Waals surface area contributed by atoms with Gasteiger partial charge in [-0.15, -0.1) is 0 Å². The lowest BCUT2D eigenvalue weighted by atomic mass is 10.1. The van der Waals surface area contributed by atoms with E-state index in [1.165, 1.54) is 19.2 Å². The minimum Gasteiger partial charge on any atom is -0.496 e. The van der Waals surface area contributed by atoms with E-state index in [1.807, 2.05) is 0 Å². The van der Waals surface area contributed by atoms with E-state index in [0.29, 0.717) is 5.56 Å². The number of carbonyl (C=O) groups excluding carboxylic acids is 1. The van der Waals surface area contributed by atoms with Gasteiger partial charge in [-0.1, -0.05) is 6.58 Å². The first kappa shape index (κ1) is 12.8. The summed E-state index contributed by atoms with van der Waals surface area (Å²) in [7, 11) is 1.34. The number of benzene rings is 1. The fraction of sp³-hybridized carbons (Fsp3) is 0.167. The lowest BCUT2D eigenvalue weighted by molar-refractivity contribution is -0.129. The molecule has 1 N–H and O–H groups in total. The molecule has 0 aliphatic heterocycles. The average molecular weight is 236 g/mol. The van der Waals surface area contributed by atoms with Gasteiger partial charge in [-0.3, -0.25) is 0 Å². The van der Waals surface area contributed by atoms with Crippen molar-refractivity contribution < 1.29 is 24.2 Å². The third-order valence-electron chi connectivity index (χ3n) is 2.10. The summed E-state index contributed by atoms with van der Waals surface area (Å²) in [6.07, 6.45) is 1.02. The summed E-state index contributed by atoms with van der Waals surface area (Å²) in [5.41, 5.74) is 0.543. The third kappa shape index (κ3) is 2.84. The van der Waals surface area contributed by atoms with Crippen LogP contribution in [0.2, 0.25) is 0 Å². The van der Waals surface area contributed by atoms with Crippen LogP contribution in [0.15, 0.2) is 24.8 Å². The number of carbonyl (C=O) groups is 2. The van der Waals surface area contributed by atoms with Gasteiger partial charge in [0, 0.05) is 12.1 Å². The summed E-state index contributed by atoms with van der Waals surface area (Å²) in [5.74, 6) is -1.34. The van der Waals surface area contributed by atoms with Gasteiger partial charge in [0.1, 0.15) is 17.1 Å². The molecule has 0 heterocycles. The molecule has 0 aliphatic rings. The molecular formula is C12H12O5. The first-order chi connectivity index (χ1) is 7.99. The molecule has 0 spiro atoms. The molecular weight excluding hydrogens is 224 g/mol. The highest BCUT2D eigenvalue weighted by atomic mass is 16.5. The second-order valence-corrected chi connectivity index (χ2v) is 3.25.